The Labute approximate surface area is 104 Å². The van der Waals surface area contributed by atoms with Crippen LogP contribution in [0.2, 0.25) is 0 Å². The molecule has 0 aliphatic rings. The molecule has 0 aromatic carbocycles. The average Bonchev–Trinajstić information content (AvgIpc) is 2.73. The van der Waals surface area contributed by atoms with Gasteiger partial charge < -0.3 is 9.84 Å². The number of methoxy groups -OCH3 is 1. The third-order valence-corrected chi connectivity index (χ3v) is 3.15. The van der Waals surface area contributed by atoms with Gasteiger partial charge >= 0.3 is 0 Å². The lowest BCUT2D eigenvalue weighted by molar-refractivity contribution is 0.0114. The Morgan fingerprint density at radius 2 is 2.06 bits per heavy atom. The van der Waals surface area contributed by atoms with Crippen molar-refractivity contribution in [2.75, 3.05) is 7.11 Å². The molecule has 0 bridgehead atoms. The van der Waals surface area contributed by atoms with E-state index in [1.54, 1.807) is 13.3 Å². The second-order valence-corrected chi connectivity index (χ2v) is 4.42. The molecule has 1 N–H and O–H groups in total. The van der Waals surface area contributed by atoms with E-state index < -0.39 is 5.60 Å². The van der Waals surface area contributed by atoms with Crippen LogP contribution in [0.4, 0.5) is 0 Å². The van der Waals surface area contributed by atoms with Crippen molar-refractivity contribution in [3.8, 4) is 5.75 Å². The van der Waals surface area contributed by atoms with E-state index in [1.165, 1.54) is 0 Å². The van der Waals surface area contributed by atoms with Crippen LogP contribution in [0.5, 0.6) is 5.75 Å². The van der Waals surface area contributed by atoms with Crippen LogP contribution in [0, 0.1) is 0 Å². The molecule has 0 spiro atoms. The second-order valence-electron chi connectivity index (χ2n) is 4.42. The van der Waals surface area contributed by atoms with E-state index in [1.807, 2.05) is 11.6 Å². The van der Waals surface area contributed by atoms with Crippen molar-refractivity contribution in [1.29, 1.82) is 0 Å². The van der Waals surface area contributed by atoms with Crippen LogP contribution < -0.4 is 4.74 Å². The van der Waals surface area contributed by atoms with Gasteiger partial charge in [0.05, 0.1) is 13.3 Å². The van der Waals surface area contributed by atoms with Gasteiger partial charge in [-0.2, -0.15) is 5.10 Å². The maximum Gasteiger partial charge on any atom is 0.162 e. The maximum absolute atomic E-state index is 10.8. The molecule has 0 aliphatic carbocycles. The van der Waals surface area contributed by atoms with Crippen LogP contribution in [0.15, 0.2) is 6.20 Å². The first kappa shape index (κ1) is 14.0. The highest BCUT2D eigenvalue weighted by molar-refractivity contribution is 5.30. The Kier molecular flexibility index (Phi) is 5.00. The molecule has 98 valence electrons. The van der Waals surface area contributed by atoms with Gasteiger partial charge in [0.2, 0.25) is 0 Å². The van der Waals surface area contributed by atoms with Crippen molar-refractivity contribution in [1.82, 2.24) is 9.78 Å². The SMILES string of the molecule is CCCn1ncc(OC)c1C(O)(CC)CCC. The number of nitrogens with zero attached hydrogens (tertiary/aromatic N) is 2. The largest absolute Gasteiger partial charge is 0.493 e. The number of aromatic nitrogens is 2. The van der Waals surface area contributed by atoms with Gasteiger partial charge in [-0.15, -0.1) is 0 Å². The van der Waals surface area contributed by atoms with E-state index in [4.69, 9.17) is 4.74 Å². The van der Waals surface area contributed by atoms with Crippen LogP contribution in [0.3, 0.4) is 0 Å². The number of ether oxygens (including phenoxy) is 1. The normalized spacial score (nSPS) is 14.6. The fourth-order valence-corrected chi connectivity index (χ4v) is 2.24. The third kappa shape index (κ3) is 2.80. The molecule has 4 nitrogen and oxygen atoms in total. The van der Waals surface area contributed by atoms with Crippen LogP contribution >= 0.6 is 0 Å². The molecule has 1 heterocycles. The highest BCUT2D eigenvalue weighted by atomic mass is 16.5. The van der Waals surface area contributed by atoms with E-state index in [2.05, 4.69) is 18.9 Å². The molecule has 1 unspecified atom stereocenters. The third-order valence-electron chi connectivity index (χ3n) is 3.15. The van der Waals surface area contributed by atoms with Gasteiger partial charge in [-0.25, -0.2) is 0 Å². The first-order valence-electron chi connectivity index (χ1n) is 6.45. The molecule has 0 saturated carbocycles. The Hall–Kier alpha value is -1.03. The van der Waals surface area contributed by atoms with Crippen LogP contribution in [-0.4, -0.2) is 22.0 Å². The number of aryl methyl sites for hydroxylation is 1. The molecule has 1 aromatic rings. The summed E-state index contributed by atoms with van der Waals surface area (Å²) in [5.74, 6) is 0.691. The molecular formula is C13H24N2O2. The second kappa shape index (κ2) is 6.05. The van der Waals surface area contributed by atoms with Gasteiger partial charge in [0.15, 0.2) is 5.75 Å². The van der Waals surface area contributed by atoms with Crippen molar-refractivity contribution in [2.24, 2.45) is 0 Å². The minimum Gasteiger partial charge on any atom is -0.493 e. The highest BCUT2D eigenvalue weighted by Gasteiger charge is 2.33. The van der Waals surface area contributed by atoms with E-state index in [0.29, 0.717) is 12.2 Å². The fraction of sp³-hybridized carbons (Fsp3) is 0.769. The molecule has 0 aliphatic heterocycles. The summed E-state index contributed by atoms with van der Waals surface area (Å²) in [6, 6.07) is 0. The Morgan fingerprint density at radius 1 is 1.35 bits per heavy atom. The van der Waals surface area contributed by atoms with Crippen LogP contribution in [-0.2, 0) is 12.1 Å². The van der Waals surface area contributed by atoms with Crippen LogP contribution in [0.25, 0.3) is 0 Å². The van der Waals surface area contributed by atoms with Crippen molar-refractivity contribution in [2.45, 2.75) is 58.6 Å². The quantitative estimate of drug-likeness (QED) is 0.797. The van der Waals surface area contributed by atoms with Gasteiger partial charge in [0.25, 0.3) is 0 Å². The van der Waals surface area contributed by atoms with Gasteiger partial charge in [-0.1, -0.05) is 27.2 Å². The molecular weight excluding hydrogens is 216 g/mol. The predicted octanol–water partition coefficient (Wildman–Crippen LogP) is 2.70. The first-order valence-corrected chi connectivity index (χ1v) is 6.45. The molecule has 1 rings (SSSR count). The molecule has 0 fully saturated rings. The topological polar surface area (TPSA) is 47.3 Å². The highest BCUT2D eigenvalue weighted by Crippen LogP contribution is 2.36. The first-order chi connectivity index (χ1) is 8.12. The lowest BCUT2D eigenvalue weighted by Crippen LogP contribution is -2.29. The predicted molar refractivity (Wildman–Crippen MR) is 68.2 cm³/mol. The maximum atomic E-state index is 10.8. The van der Waals surface area contributed by atoms with E-state index in [9.17, 15) is 5.11 Å². The van der Waals surface area contributed by atoms with Gasteiger partial charge in [-0.3, -0.25) is 4.68 Å². The summed E-state index contributed by atoms with van der Waals surface area (Å²) in [6.07, 6.45) is 5.03. The van der Waals surface area contributed by atoms with Gasteiger partial charge in [0.1, 0.15) is 11.3 Å². The smallest absolute Gasteiger partial charge is 0.162 e. The average molecular weight is 240 g/mol. The molecule has 0 radical (unpaired) electrons. The minimum atomic E-state index is -0.828. The monoisotopic (exact) mass is 240 g/mol. The lowest BCUT2D eigenvalue weighted by atomic mass is 9.90. The summed E-state index contributed by atoms with van der Waals surface area (Å²) in [4.78, 5) is 0. The number of hydrogen-bond acceptors (Lipinski definition) is 3. The van der Waals surface area contributed by atoms with Gasteiger partial charge in [0, 0.05) is 6.54 Å². The Morgan fingerprint density at radius 3 is 2.53 bits per heavy atom. The zero-order chi connectivity index (χ0) is 12.9. The van der Waals surface area contributed by atoms with Crippen molar-refractivity contribution in [3.63, 3.8) is 0 Å². The molecule has 1 atom stereocenters. The van der Waals surface area contributed by atoms with E-state index in [0.717, 1.165) is 31.5 Å². The molecule has 0 saturated heterocycles. The van der Waals surface area contributed by atoms with Crippen molar-refractivity contribution < 1.29 is 9.84 Å². The number of hydrogen-bond donors (Lipinski definition) is 1. The van der Waals surface area contributed by atoms with Crippen LogP contribution in [0.1, 0.15) is 52.1 Å². The van der Waals surface area contributed by atoms with Crippen molar-refractivity contribution in [3.05, 3.63) is 11.9 Å². The fourth-order valence-electron chi connectivity index (χ4n) is 2.24. The lowest BCUT2D eigenvalue weighted by Gasteiger charge is -2.28. The number of aliphatic hydroxyl groups is 1. The molecule has 1 aromatic heterocycles. The van der Waals surface area contributed by atoms with Crippen molar-refractivity contribution >= 4 is 0 Å². The standard InChI is InChI=1S/C13H24N2O2/c1-5-8-13(16,7-3)12-11(17-4)10-14-15(12)9-6-2/h10,16H,5-9H2,1-4H3. The minimum absolute atomic E-state index is 0.673. The summed E-state index contributed by atoms with van der Waals surface area (Å²) >= 11 is 0. The summed E-state index contributed by atoms with van der Waals surface area (Å²) in [5.41, 5.74) is -0.00243. The molecule has 17 heavy (non-hydrogen) atoms. The number of rotatable bonds is 7. The zero-order valence-corrected chi connectivity index (χ0v) is 11.4. The Bertz CT molecular complexity index is 349. The van der Waals surface area contributed by atoms with Gasteiger partial charge in [-0.05, 0) is 19.3 Å². The summed E-state index contributed by atoms with van der Waals surface area (Å²) in [5, 5.41) is 15.1. The molecule has 4 heteroatoms. The van der Waals surface area contributed by atoms with E-state index in [-0.39, 0.29) is 0 Å². The molecule has 0 amide bonds. The Balaban J connectivity index is 3.18. The van der Waals surface area contributed by atoms with E-state index >= 15 is 0 Å². The summed E-state index contributed by atoms with van der Waals surface area (Å²) in [7, 11) is 1.62. The summed E-state index contributed by atoms with van der Waals surface area (Å²) in [6.45, 7) is 6.99. The summed E-state index contributed by atoms with van der Waals surface area (Å²) < 4.78 is 7.20. The zero-order valence-electron chi connectivity index (χ0n) is 11.4.